The number of aliphatic imine (C=N–C) groups is 1. The number of carbonyl (C=O) groups is 1. The fraction of sp³-hybridized carbons (Fsp3) is 0.273. The average Bonchev–Trinajstić information content (AvgIpc) is 3.11. The minimum atomic E-state index is -5.00. The summed E-state index contributed by atoms with van der Waals surface area (Å²) in [5.74, 6) is -0.165. The molecule has 1 aliphatic rings. The Morgan fingerprint density at radius 2 is 1.71 bits per heavy atom. The fourth-order valence-corrected chi connectivity index (χ4v) is 3.77. The lowest BCUT2D eigenvalue weighted by molar-refractivity contribution is -0.143. The number of methoxy groups -OCH3 is 1. The second-order valence-electron chi connectivity index (χ2n) is 7.27. The molecule has 2 aromatic carbocycles. The van der Waals surface area contributed by atoms with E-state index in [0.29, 0.717) is 21.7 Å². The van der Waals surface area contributed by atoms with Gasteiger partial charge in [0.2, 0.25) is 0 Å². The van der Waals surface area contributed by atoms with Gasteiger partial charge in [-0.05, 0) is 47.7 Å². The first-order valence-corrected chi connectivity index (χ1v) is 10.4. The van der Waals surface area contributed by atoms with Gasteiger partial charge in [0.1, 0.15) is 6.61 Å². The molecule has 182 valence electrons. The van der Waals surface area contributed by atoms with Crippen LogP contribution in [-0.2, 0) is 23.8 Å². The van der Waals surface area contributed by atoms with Crippen molar-refractivity contribution >= 4 is 28.9 Å². The van der Waals surface area contributed by atoms with Crippen molar-refractivity contribution in [2.45, 2.75) is 19.0 Å². The molecule has 0 bridgehead atoms. The topological polar surface area (TPSA) is 51.1 Å². The molecule has 1 aliphatic heterocycles. The fourth-order valence-electron chi connectivity index (χ4n) is 2.93. The average molecular weight is 504 g/mol. The predicted octanol–water partition coefficient (Wildman–Crippen LogP) is 5.84. The Hall–Kier alpha value is -3.15. The van der Waals surface area contributed by atoms with E-state index in [2.05, 4.69) is 4.99 Å². The van der Waals surface area contributed by atoms with Gasteiger partial charge in [-0.3, -0.25) is 4.79 Å². The minimum absolute atomic E-state index is 0.0611. The summed E-state index contributed by atoms with van der Waals surface area (Å²) in [5, 5.41) is 0.528. The number of carbonyl (C=O) groups excluding carboxylic acids is 1. The quantitative estimate of drug-likeness (QED) is 0.378. The standard InChI is InChI=1S/C22H18F6N2O3S/c1-30(2)20-29-19(31)18(34-20)9-12-4-7-16(17(8-12)32-3)33-11-13-5-6-14(21(23,24)25)10-15(13)22(26,27)28/h4-10H,11H2,1-3H3/b18-9+. The van der Waals surface area contributed by atoms with E-state index >= 15 is 0 Å². The van der Waals surface area contributed by atoms with E-state index in [9.17, 15) is 31.1 Å². The Kier molecular flexibility index (Phi) is 7.20. The highest BCUT2D eigenvalue weighted by Gasteiger charge is 2.38. The summed E-state index contributed by atoms with van der Waals surface area (Å²) in [7, 11) is 4.82. The molecule has 34 heavy (non-hydrogen) atoms. The number of hydrogen-bond acceptors (Lipinski definition) is 5. The molecule has 2 aromatic rings. The summed E-state index contributed by atoms with van der Waals surface area (Å²) < 4.78 is 89.3. The SMILES string of the molecule is COc1cc(/C=C2/SC(N(C)C)=NC2=O)ccc1OCc1ccc(C(F)(F)F)cc1C(F)(F)F. The Bertz CT molecular complexity index is 1160. The van der Waals surface area contributed by atoms with E-state index in [0.717, 1.165) is 6.07 Å². The highest BCUT2D eigenvalue weighted by atomic mass is 32.2. The highest BCUT2D eigenvalue weighted by molar-refractivity contribution is 8.18. The van der Waals surface area contributed by atoms with Gasteiger partial charge in [0, 0.05) is 19.7 Å². The molecule has 0 fully saturated rings. The summed E-state index contributed by atoms with van der Waals surface area (Å²) >= 11 is 1.18. The van der Waals surface area contributed by atoms with E-state index in [1.165, 1.54) is 31.0 Å². The minimum Gasteiger partial charge on any atom is -0.493 e. The van der Waals surface area contributed by atoms with Crippen LogP contribution in [0.3, 0.4) is 0 Å². The van der Waals surface area contributed by atoms with Gasteiger partial charge in [-0.1, -0.05) is 12.1 Å². The van der Waals surface area contributed by atoms with E-state index < -0.39 is 41.6 Å². The first-order valence-electron chi connectivity index (χ1n) is 9.57. The molecule has 5 nitrogen and oxygen atoms in total. The second-order valence-corrected chi connectivity index (χ2v) is 8.28. The Balaban J connectivity index is 1.83. The first-order chi connectivity index (χ1) is 15.8. The Morgan fingerprint density at radius 1 is 1.00 bits per heavy atom. The summed E-state index contributed by atoms with van der Waals surface area (Å²) in [6, 6.07) is 5.87. The normalized spacial score (nSPS) is 15.5. The van der Waals surface area contributed by atoms with Crippen LogP contribution in [0.1, 0.15) is 22.3 Å². The van der Waals surface area contributed by atoms with Gasteiger partial charge in [0.25, 0.3) is 5.91 Å². The second kappa shape index (κ2) is 9.61. The zero-order valence-electron chi connectivity index (χ0n) is 18.0. The van der Waals surface area contributed by atoms with Crippen LogP contribution in [-0.4, -0.2) is 37.2 Å². The molecule has 1 heterocycles. The van der Waals surface area contributed by atoms with Crippen molar-refractivity contribution in [2.24, 2.45) is 4.99 Å². The van der Waals surface area contributed by atoms with Crippen molar-refractivity contribution < 1.29 is 40.6 Å². The van der Waals surface area contributed by atoms with E-state index in [-0.39, 0.29) is 17.6 Å². The van der Waals surface area contributed by atoms with Crippen LogP contribution in [0.15, 0.2) is 46.3 Å². The number of rotatable bonds is 5. The summed E-state index contributed by atoms with van der Waals surface area (Å²) in [5.41, 5.74) is -2.74. The number of alkyl halides is 6. The van der Waals surface area contributed by atoms with Crippen molar-refractivity contribution in [1.82, 2.24) is 4.90 Å². The molecule has 0 saturated carbocycles. The number of ether oxygens (including phenoxy) is 2. The smallest absolute Gasteiger partial charge is 0.416 e. The van der Waals surface area contributed by atoms with Crippen LogP contribution in [0.4, 0.5) is 26.3 Å². The summed E-state index contributed by atoms with van der Waals surface area (Å²) in [6.07, 6.45) is -8.33. The van der Waals surface area contributed by atoms with Crippen LogP contribution in [0.5, 0.6) is 11.5 Å². The van der Waals surface area contributed by atoms with Crippen molar-refractivity contribution in [3.8, 4) is 11.5 Å². The van der Waals surface area contributed by atoms with Gasteiger partial charge in [0.15, 0.2) is 16.7 Å². The van der Waals surface area contributed by atoms with Crippen LogP contribution >= 0.6 is 11.8 Å². The molecule has 0 N–H and O–H groups in total. The van der Waals surface area contributed by atoms with Crippen molar-refractivity contribution in [3.05, 3.63) is 63.6 Å². The molecule has 0 atom stereocenters. The third-order valence-corrected chi connectivity index (χ3v) is 5.75. The molecule has 0 radical (unpaired) electrons. The number of halogens is 6. The first kappa shape index (κ1) is 25.5. The largest absolute Gasteiger partial charge is 0.493 e. The maximum absolute atomic E-state index is 13.3. The van der Waals surface area contributed by atoms with Gasteiger partial charge < -0.3 is 14.4 Å². The number of benzene rings is 2. The number of amides is 1. The molecule has 0 aliphatic carbocycles. The monoisotopic (exact) mass is 504 g/mol. The lowest BCUT2D eigenvalue weighted by atomic mass is 10.0. The molecular weight excluding hydrogens is 486 g/mol. The molecular formula is C22H18F6N2O3S. The number of thioether (sulfide) groups is 1. The van der Waals surface area contributed by atoms with Crippen molar-refractivity contribution in [1.29, 1.82) is 0 Å². The third kappa shape index (κ3) is 5.85. The highest BCUT2D eigenvalue weighted by Crippen LogP contribution is 2.38. The zero-order chi connectivity index (χ0) is 25.3. The Labute approximate surface area is 195 Å². The number of amidine groups is 1. The third-order valence-electron chi connectivity index (χ3n) is 4.60. The van der Waals surface area contributed by atoms with E-state index in [1.807, 2.05) is 0 Å². The molecule has 0 saturated heterocycles. The van der Waals surface area contributed by atoms with Gasteiger partial charge in [-0.15, -0.1) is 0 Å². The van der Waals surface area contributed by atoms with Gasteiger partial charge in [-0.25, -0.2) is 0 Å². The molecule has 0 unspecified atom stereocenters. The Morgan fingerprint density at radius 3 is 2.26 bits per heavy atom. The summed E-state index contributed by atoms with van der Waals surface area (Å²) in [4.78, 5) is 18.0. The maximum atomic E-state index is 13.3. The van der Waals surface area contributed by atoms with Gasteiger partial charge in [0.05, 0.1) is 23.1 Å². The zero-order valence-corrected chi connectivity index (χ0v) is 18.9. The van der Waals surface area contributed by atoms with Crippen molar-refractivity contribution in [2.75, 3.05) is 21.2 Å². The van der Waals surface area contributed by atoms with Crippen LogP contribution in [0.25, 0.3) is 6.08 Å². The van der Waals surface area contributed by atoms with Crippen LogP contribution in [0, 0.1) is 0 Å². The number of hydrogen-bond donors (Lipinski definition) is 0. The van der Waals surface area contributed by atoms with Gasteiger partial charge >= 0.3 is 12.4 Å². The van der Waals surface area contributed by atoms with E-state index in [1.54, 1.807) is 31.1 Å². The van der Waals surface area contributed by atoms with Gasteiger partial charge in [-0.2, -0.15) is 31.3 Å². The number of nitrogens with zero attached hydrogens (tertiary/aromatic N) is 2. The molecule has 1 amide bonds. The van der Waals surface area contributed by atoms with Crippen molar-refractivity contribution in [3.63, 3.8) is 0 Å². The predicted molar refractivity (Wildman–Crippen MR) is 115 cm³/mol. The molecule has 0 aromatic heterocycles. The molecule has 0 spiro atoms. The summed E-state index contributed by atoms with van der Waals surface area (Å²) in [6.45, 7) is -0.641. The molecule has 3 rings (SSSR count). The van der Waals surface area contributed by atoms with E-state index in [4.69, 9.17) is 9.47 Å². The lowest BCUT2D eigenvalue weighted by Crippen LogP contribution is -2.16. The van der Waals surface area contributed by atoms with Crippen LogP contribution in [0.2, 0.25) is 0 Å². The lowest BCUT2D eigenvalue weighted by Gasteiger charge is -2.17. The van der Waals surface area contributed by atoms with Crippen LogP contribution < -0.4 is 9.47 Å². The maximum Gasteiger partial charge on any atom is 0.416 e. The molecule has 12 heteroatoms.